The van der Waals surface area contributed by atoms with Gasteiger partial charge in [0.05, 0.1) is 12.4 Å². The summed E-state index contributed by atoms with van der Waals surface area (Å²) < 4.78 is 16.9. The molecule has 4 rings (SSSR count). The average molecular weight is 675 g/mol. The summed E-state index contributed by atoms with van der Waals surface area (Å²) in [6.45, 7) is 9.85. The molecule has 0 saturated heterocycles. The van der Waals surface area contributed by atoms with Gasteiger partial charge in [-0.05, 0) is 62.4 Å². The predicted octanol–water partition coefficient (Wildman–Crippen LogP) is 5.99. The minimum Gasteiger partial charge on any atom is -0.493 e. The Morgan fingerprint density at radius 2 is 1.56 bits per heavy atom. The molecule has 9 nitrogen and oxygen atoms in total. The fraction of sp³-hybridized carbons (Fsp3) is 0.421. The van der Waals surface area contributed by atoms with E-state index in [9.17, 15) is 19.2 Å². The molecule has 0 fully saturated rings. The number of carbonyl (C=O) groups excluding carboxylic acids is 4. The normalized spacial score (nSPS) is 15.1. The molecule has 1 aliphatic rings. The van der Waals surface area contributed by atoms with Gasteiger partial charge in [-0.15, -0.1) is 11.8 Å². The van der Waals surface area contributed by atoms with Crippen LogP contribution in [0, 0.1) is 5.92 Å². The number of thioether (sulfide) groups is 1. The summed E-state index contributed by atoms with van der Waals surface area (Å²) in [7, 11) is 0. The Bertz CT molecular complexity index is 1540. The monoisotopic (exact) mass is 674 g/mol. The molecule has 256 valence electrons. The average Bonchev–Trinajstić information content (AvgIpc) is 3.43. The van der Waals surface area contributed by atoms with Crippen LogP contribution in [0.25, 0.3) is 0 Å². The van der Waals surface area contributed by atoms with Gasteiger partial charge in [0.15, 0.2) is 0 Å². The number of carbonyl (C=O) groups is 4. The van der Waals surface area contributed by atoms with E-state index >= 15 is 0 Å². The van der Waals surface area contributed by atoms with E-state index in [0.29, 0.717) is 18.8 Å². The molecule has 1 aliphatic heterocycles. The molecule has 0 aromatic heterocycles. The minimum absolute atomic E-state index is 0.0975. The van der Waals surface area contributed by atoms with Crippen LogP contribution in [0.5, 0.6) is 5.75 Å². The summed E-state index contributed by atoms with van der Waals surface area (Å²) >= 11 is 1.36. The molecule has 1 heterocycles. The van der Waals surface area contributed by atoms with E-state index in [-0.39, 0.29) is 48.9 Å². The van der Waals surface area contributed by atoms with E-state index in [4.69, 9.17) is 14.2 Å². The molecular weight excluding hydrogens is 628 g/mol. The molecule has 0 aliphatic carbocycles. The summed E-state index contributed by atoms with van der Waals surface area (Å²) in [5.74, 6) is -0.867. The topological polar surface area (TPSA) is 120 Å². The van der Waals surface area contributed by atoms with E-state index < -0.39 is 29.6 Å². The standard InChI is InChI=1S/C38H46N2O7S/c1-25(2)18-32(37(44)46-22-27-14-10-7-11-15-27)40-36(43)31(19-26-12-8-6-9-13-26)39-34(41)20-28-23-45-33-17-16-29(21-30(28)33)48-24-35(42)47-38(3,4)5/h6-17,21,25,28,31-32H,18-20,22-24H2,1-5H3,(H,39,41)(H,40,43)/t28?,31-,32-/m0/s1. The van der Waals surface area contributed by atoms with E-state index in [1.165, 1.54) is 11.8 Å². The molecule has 3 aromatic carbocycles. The maximum absolute atomic E-state index is 13.7. The van der Waals surface area contributed by atoms with Crippen LogP contribution in [0.1, 0.15) is 70.1 Å². The molecule has 0 saturated carbocycles. The van der Waals surface area contributed by atoms with Crippen molar-refractivity contribution >= 4 is 35.5 Å². The van der Waals surface area contributed by atoms with E-state index in [1.807, 2.05) is 113 Å². The van der Waals surface area contributed by atoms with Crippen LogP contribution in [0.4, 0.5) is 0 Å². The van der Waals surface area contributed by atoms with E-state index in [1.54, 1.807) is 0 Å². The van der Waals surface area contributed by atoms with Crippen LogP contribution in [0.2, 0.25) is 0 Å². The third kappa shape index (κ3) is 11.7. The molecule has 1 unspecified atom stereocenters. The van der Waals surface area contributed by atoms with Crippen LogP contribution in [-0.2, 0) is 41.7 Å². The van der Waals surface area contributed by atoms with Gasteiger partial charge in [-0.1, -0.05) is 74.5 Å². The van der Waals surface area contributed by atoms with Crippen molar-refractivity contribution in [2.45, 2.75) is 89.0 Å². The second-order valence-corrected chi connectivity index (χ2v) is 14.4. The van der Waals surface area contributed by atoms with Crippen LogP contribution in [0.3, 0.4) is 0 Å². The van der Waals surface area contributed by atoms with Crippen molar-refractivity contribution in [3.8, 4) is 5.75 Å². The highest BCUT2D eigenvalue weighted by molar-refractivity contribution is 8.00. The lowest BCUT2D eigenvalue weighted by Crippen LogP contribution is -2.53. The Morgan fingerprint density at radius 3 is 2.21 bits per heavy atom. The Balaban J connectivity index is 1.42. The van der Waals surface area contributed by atoms with Crippen molar-refractivity contribution < 1.29 is 33.4 Å². The number of esters is 2. The lowest BCUT2D eigenvalue weighted by molar-refractivity contribution is -0.151. The van der Waals surface area contributed by atoms with E-state index in [2.05, 4.69) is 10.6 Å². The molecule has 3 aromatic rings. The minimum atomic E-state index is -0.922. The molecule has 2 amide bonds. The molecule has 3 atom stereocenters. The van der Waals surface area contributed by atoms with Crippen LogP contribution < -0.4 is 15.4 Å². The first kappa shape index (κ1) is 36.5. The summed E-state index contributed by atoms with van der Waals surface area (Å²) in [5, 5.41) is 5.80. The van der Waals surface area contributed by atoms with Gasteiger partial charge in [-0.25, -0.2) is 4.79 Å². The summed E-state index contributed by atoms with van der Waals surface area (Å²) in [4.78, 5) is 53.5. The van der Waals surface area contributed by atoms with Gasteiger partial charge in [0.2, 0.25) is 11.8 Å². The number of hydrogen-bond acceptors (Lipinski definition) is 8. The lowest BCUT2D eigenvalue weighted by atomic mass is 9.97. The second kappa shape index (κ2) is 17.2. The molecule has 10 heteroatoms. The lowest BCUT2D eigenvalue weighted by Gasteiger charge is -2.24. The number of amides is 2. The number of ether oxygens (including phenoxy) is 3. The summed E-state index contributed by atoms with van der Waals surface area (Å²) in [6, 6.07) is 22.7. The van der Waals surface area contributed by atoms with Crippen molar-refractivity contribution in [2.75, 3.05) is 12.4 Å². The molecular formula is C38H46N2O7S. The van der Waals surface area contributed by atoms with Crippen LogP contribution in [0.15, 0.2) is 83.8 Å². The maximum Gasteiger partial charge on any atom is 0.328 e. The van der Waals surface area contributed by atoms with Crippen LogP contribution in [-0.4, -0.2) is 53.8 Å². The van der Waals surface area contributed by atoms with Crippen molar-refractivity contribution in [1.29, 1.82) is 0 Å². The van der Waals surface area contributed by atoms with Gasteiger partial charge in [-0.3, -0.25) is 14.4 Å². The highest BCUT2D eigenvalue weighted by atomic mass is 32.2. The van der Waals surface area contributed by atoms with Gasteiger partial charge in [0, 0.05) is 29.2 Å². The first-order valence-electron chi connectivity index (χ1n) is 16.3. The zero-order chi connectivity index (χ0) is 34.7. The SMILES string of the molecule is CC(C)C[C@H](NC(=O)[C@H](Cc1ccccc1)NC(=O)CC1COc2ccc(SCC(=O)OC(C)(C)C)cc21)C(=O)OCc1ccccc1. The largest absolute Gasteiger partial charge is 0.493 e. The van der Waals surface area contributed by atoms with Gasteiger partial charge < -0.3 is 24.8 Å². The van der Waals surface area contributed by atoms with Gasteiger partial charge in [0.25, 0.3) is 0 Å². The van der Waals surface area contributed by atoms with Gasteiger partial charge >= 0.3 is 11.9 Å². The number of hydrogen-bond donors (Lipinski definition) is 2. The van der Waals surface area contributed by atoms with Crippen LogP contribution >= 0.6 is 11.8 Å². The summed E-state index contributed by atoms with van der Waals surface area (Å²) in [5.41, 5.74) is 2.03. The third-order valence-corrected chi connectivity index (χ3v) is 8.50. The number of fused-ring (bicyclic) bond motifs is 1. The maximum atomic E-state index is 13.7. The van der Waals surface area contributed by atoms with Crippen molar-refractivity contribution in [3.05, 3.63) is 95.6 Å². The molecule has 48 heavy (non-hydrogen) atoms. The number of rotatable bonds is 15. The van der Waals surface area contributed by atoms with Gasteiger partial charge in [-0.2, -0.15) is 0 Å². The predicted molar refractivity (Wildman–Crippen MR) is 186 cm³/mol. The first-order chi connectivity index (χ1) is 22.9. The quantitative estimate of drug-likeness (QED) is 0.149. The smallest absolute Gasteiger partial charge is 0.328 e. The summed E-state index contributed by atoms with van der Waals surface area (Å²) in [6.07, 6.45) is 0.727. The Kier molecular flexibility index (Phi) is 13.1. The number of benzene rings is 3. The fourth-order valence-corrected chi connectivity index (χ4v) is 6.07. The Labute approximate surface area is 287 Å². The molecule has 2 N–H and O–H groups in total. The highest BCUT2D eigenvalue weighted by Gasteiger charge is 2.31. The van der Waals surface area contributed by atoms with E-state index in [0.717, 1.165) is 21.6 Å². The van der Waals surface area contributed by atoms with Crippen molar-refractivity contribution in [3.63, 3.8) is 0 Å². The zero-order valence-corrected chi connectivity index (χ0v) is 29.1. The zero-order valence-electron chi connectivity index (χ0n) is 28.3. The Hall–Kier alpha value is -4.31. The Morgan fingerprint density at radius 1 is 0.896 bits per heavy atom. The number of nitrogens with one attached hydrogen (secondary N) is 2. The second-order valence-electron chi connectivity index (χ2n) is 13.4. The molecule has 0 radical (unpaired) electrons. The molecule has 0 spiro atoms. The highest BCUT2D eigenvalue weighted by Crippen LogP contribution is 2.38. The van der Waals surface area contributed by atoms with Crippen molar-refractivity contribution in [1.82, 2.24) is 10.6 Å². The van der Waals surface area contributed by atoms with Gasteiger partial charge in [0.1, 0.15) is 30.0 Å². The first-order valence-corrected chi connectivity index (χ1v) is 17.3. The fourth-order valence-electron chi connectivity index (χ4n) is 5.35. The van der Waals surface area contributed by atoms with Crippen molar-refractivity contribution in [2.24, 2.45) is 5.92 Å². The third-order valence-electron chi connectivity index (χ3n) is 7.54. The molecule has 0 bridgehead atoms.